The average Bonchev–Trinajstić information content (AvgIpc) is 2.48. The SMILES string of the molecule is O=c1[nH]c(=O)n(CCc2cccnc2)c2c1CSCC2. The van der Waals surface area contributed by atoms with E-state index in [1.807, 2.05) is 12.1 Å². The summed E-state index contributed by atoms with van der Waals surface area (Å²) in [5, 5.41) is 0. The van der Waals surface area contributed by atoms with Gasteiger partial charge in [0.15, 0.2) is 0 Å². The van der Waals surface area contributed by atoms with Crippen LogP contribution in [0.5, 0.6) is 0 Å². The van der Waals surface area contributed by atoms with Gasteiger partial charge < -0.3 is 0 Å². The van der Waals surface area contributed by atoms with E-state index < -0.39 is 0 Å². The molecule has 0 saturated carbocycles. The van der Waals surface area contributed by atoms with Crippen LogP contribution in [0.25, 0.3) is 0 Å². The first-order valence-electron chi connectivity index (χ1n) is 6.57. The van der Waals surface area contributed by atoms with Gasteiger partial charge in [0.05, 0.1) is 0 Å². The predicted molar refractivity (Wildman–Crippen MR) is 79.1 cm³/mol. The molecule has 3 heterocycles. The summed E-state index contributed by atoms with van der Waals surface area (Å²) in [6, 6.07) is 3.88. The molecule has 1 aliphatic heterocycles. The van der Waals surface area contributed by atoms with Crippen LogP contribution in [-0.4, -0.2) is 20.3 Å². The highest BCUT2D eigenvalue weighted by Gasteiger charge is 2.18. The lowest BCUT2D eigenvalue weighted by Crippen LogP contribution is -2.37. The Bertz CT molecular complexity index is 721. The zero-order chi connectivity index (χ0) is 13.9. The Morgan fingerprint density at radius 1 is 1.40 bits per heavy atom. The zero-order valence-electron chi connectivity index (χ0n) is 11.0. The van der Waals surface area contributed by atoms with Crippen LogP contribution >= 0.6 is 11.8 Å². The molecule has 0 amide bonds. The molecule has 0 unspecified atom stereocenters. The molecule has 0 bridgehead atoms. The lowest BCUT2D eigenvalue weighted by Gasteiger charge is -2.19. The Labute approximate surface area is 120 Å². The fourth-order valence-corrected chi connectivity index (χ4v) is 3.44. The number of thioether (sulfide) groups is 1. The number of aryl methyl sites for hydroxylation is 1. The van der Waals surface area contributed by atoms with Crippen molar-refractivity contribution in [2.45, 2.75) is 25.1 Å². The van der Waals surface area contributed by atoms with E-state index in [-0.39, 0.29) is 11.2 Å². The minimum Gasteiger partial charge on any atom is -0.297 e. The van der Waals surface area contributed by atoms with Crippen molar-refractivity contribution in [3.05, 3.63) is 62.2 Å². The molecular weight excluding hydrogens is 274 g/mol. The highest BCUT2D eigenvalue weighted by Crippen LogP contribution is 2.20. The third kappa shape index (κ3) is 2.56. The van der Waals surface area contributed by atoms with Gasteiger partial charge in [0.25, 0.3) is 5.56 Å². The van der Waals surface area contributed by atoms with Gasteiger partial charge in [-0.25, -0.2) is 4.79 Å². The molecule has 104 valence electrons. The summed E-state index contributed by atoms with van der Waals surface area (Å²) >= 11 is 1.74. The highest BCUT2D eigenvalue weighted by molar-refractivity contribution is 7.98. The minimum atomic E-state index is -0.301. The van der Waals surface area contributed by atoms with Gasteiger partial charge in [-0.1, -0.05) is 6.07 Å². The molecule has 2 aromatic rings. The van der Waals surface area contributed by atoms with Crippen LogP contribution in [0.2, 0.25) is 0 Å². The topological polar surface area (TPSA) is 67.8 Å². The number of rotatable bonds is 3. The van der Waals surface area contributed by atoms with Crippen molar-refractivity contribution < 1.29 is 0 Å². The van der Waals surface area contributed by atoms with E-state index in [2.05, 4.69) is 9.97 Å². The molecule has 5 nitrogen and oxygen atoms in total. The van der Waals surface area contributed by atoms with Crippen molar-refractivity contribution in [2.75, 3.05) is 5.75 Å². The van der Waals surface area contributed by atoms with Gasteiger partial charge in [-0.2, -0.15) is 11.8 Å². The normalized spacial score (nSPS) is 14.0. The molecule has 0 atom stereocenters. The summed E-state index contributed by atoms with van der Waals surface area (Å²) in [7, 11) is 0. The number of pyridine rings is 1. The van der Waals surface area contributed by atoms with Crippen LogP contribution in [0.15, 0.2) is 34.1 Å². The maximum Gasteiger partial charge on any atom is 0.328 e. The maximum atomic E-state index is 12.0. The number of aromatic amines is 1. The average molecular weight is 289 g/mol. The Hall–Kier alpha value is -1.82. The Morgan fingerprint density at radius 2 is 2.30 bits per heavy atom. The smallest absolute Gasteiger partial charge is 0.297 e. The van der Waals surface area contributed by atoms with Crippen molar-refractivity contribution in [1.29, 1.82) is 0 Å². The van der Waals surface area contributed by atoms with Crippen molar-refractivity contribution in [3.63, 3.8) is 0 Å². The van der Waals surface area contributed by atoms with Crippen LogP contribution in [0.4, 0.5) is 0 Å². The zero-order valence-corrected chi connectivity index (χ0v) is 11.8. The lowest BCUT2D eigenvalue weighted by molar-refractivity contribution is 0.604. The molecular formula is C14H15N3O2S. The first-order chi connectivity index (χ1) is 9.75. The van der Waals surface area contributed by atoms with E-state index in [1.165, 1.54) is 0 Å². The van der Waals surface area contributed by atoms with E-state index in [0.29, 0.717) is 12.3 Å². The molecule has 1 N–H and O–H groups in total. The third-order valence-electron chi connectivity index (χ3n) is 3.49. The molecule has 0 spiro atoms. The van der Waals surface area contributed by atoms with Gasteiger partial charge in [0.1, 0.15) is 0 Å². The molecule has 1 aliphatic rings. The Morgan fingerprint density at radius 3 is 3.10 bits per heavy atom. The molecule has 0 aromatic carbocycles. The minimum absolute atomic E-state index is 0.227. The van der Waals surface area contributed by atoms with E-state index in [4.69, 9.17) is 0 Å². The molecule has 0 saturated heterocycles. The number of hydrogen-bond acceptors (Lipinski definition) is 4. The quantitative estimate of drug-likeness (QED) is 0.914. The van der Waals surface area contributed by atoms with E-state index in [9.17, 15) is 9.59 Å². The summed E-state index contributed by atoms with van der Waals surface area (Å²) in [6.07, 6.45) is 5.05. The number of aromatic nitrogens is 3. The number of H-pyrrole nitrogens is 1. The van der Waals surface area contributed by atoms with E-state index in [0.717, 1.165) is 35.4 Å². The first kappa shape index (κ1) is 13.2. The third-order valence-corrected chi connectivity index (χ3v) is 4.48. The van der Waals surface area contributed by atoms with Gasteiger partial charge in [0, 0.05) is 35.9 Å². The number of nitrogens with zero attached hydrogens (tertiary/aromatic N) is 2. The van der Waals surface area contributed by atoms with Crippen LogP contribution < -0.4 is 11.2 Å². The van der Waals surface area contributed by atoms with Crippen LogP contribution in [0.3, 0.4) is 0 Å². The largest absolute Gasteiger partial charge is 0.328 e. The lowest BCUT2D eigenvalue weighted by atomic mass is 10.1. The van der Waals surface area contributed by atoms with Gasteiger partial charge in [0.2, 0.25) is 0 Å². The van der Waals surface area contributed by atoms with Gasteiger partial charge >= 0.3 is 5.69 Å². The first-order valence-corrected chi connectivity index (χ1v) is 7.72. The Balaban J connectivity index is 1.93. The van der Waals surface area contributed by atoms with E-state index in [1.54, 1.807) is 28.7 Å². The number of hydrogen-bond donors (Lipinski definition) is 1. The second-order valence-corrected chi connectivity index (χ2v) is 5.86. The van der Waals surface area contributed by atoms with Crippen molar-refractivity contribution in [1.82, 2.24) is 14.5 Å². The highest BCUT2D eigenvalue weighted by atomic mass is 32.2. The number of nitrogens with one attached hydrogen (secondary N) is 1. The maximum absolute atomic E-state index is 12.0. The van der Waals surface area contributed by atoms with Crippen molar-refractivity contribution in [3.8, 4) is 0 Å². The molecule has 3 rings (SSSR count). The molecule has 0 fully saturated rings. The van der Waals surface area contributed by atoms with Crippen LogP contribution in [-0.2, 0) is 25.1 Å². The predicted octanol–water partition coefficient (Wildman–Crippen LogP) is 0.964. The molecule has 0 radical (unpaired) electrons. The van der Waals surface area contributed by atoms with Crippen LogP contribution in [0.1, 0.15) is 16.8 Å². The standard InChI is InChI=1S/C14H15N3O2S/c18-13-11-9-20-7-4-12(11)17(14(19)16-13)6-3-10-2-1-5-15-8-10/h1-2,5,8H,3-4,6-7,9H2,(H,16,18,19). The fraction of sp³-hybridized carbons (Fsp3) is 0.357. The molecule has 20 heavy (non-hydrogen) atoms. The molecule has 0 aliphatic carbocycles. The van der Waals surface area contributed by atoms with Gasteiger partial charge in [-0.05, 0) is 30.2 Å². The summed E-state index contributed by atoms with van der Waals surface area (Å²) in [5.41, 5.74) is 2.22. The molecule has 2 aromatic heterocycles. The summed E-state index contributed by atoms with van der Waals surface area (Å²) in [6.45, 7) is 0.578. The number of fused-ring (bicyclic) bond motifs is 1. The van der Waals surface area contributed by atoms with Gasteiger partial charge in [-0.15, -0.1) is 0 Å². The summed E-state index contributed by atoms with van der Waals surface area (Å²) in [4.78, 5) is 30.3. The second-order valence-electron chi connectivity index (χ2n) is 4.75. The summed E-state index contributed by atoms with van der Waals surface area (Å²) in [5.74, 6) is 1.65. The van der Waals surface area contributed by atoms with Crippen LogP contribution in [0, 0.1) is 0 Å². The molecule has 6 heteroatoms. The van der Waals surface area contributed by atoms with Crippen molar-refractivity contribution in [2.24, 2.45) is 0 Å². The fourth-order valence-electron chi connectivity index (χ4n) is 2.46. The summed E-state index contributed by atoms with van der Waals surface area (Å²) < 4.78 is 1.71. The Kier molecular flexibility index (Phi) is 3.73. The van der Waals surface area contributed by atoms with E-state index >= 15 is 0 Å². The second kappa shape index (κ2) is 5.66. The monoisotopic (exact) mass is 289 g/mol. The van der Waals surface area contributed by atoms with Gasteiger partial charge in [-0.3, -0.25) is 19.3 Å². The van der Waals surface area contributed by atoms with Crippen molar-refractivity contribution >= 4 is 11.8 Å².